The summed E-state index contributed by atoms with van der Waals surface area (Å²) in [5, 5.41) is 0. The molecule has 0 bridgehead atoms. The van der Waals surface area contributed by atoms with Gasteiger partial charge in [0.25, 0.3) is 0 Å². The van der Waals surface area contributed by atoms with E-state index in [1.54, 1.807) is 0 Å². The van der Waals surface area contributed by atoms with Crippen molar-refractivity contribution in [3.63, 3.8) is 0 Å². The van der Waals surface area contributed by atoms with Crippen molar-refractivity contribution in [1.29, 1.82) is 0 Å². The zero-order valence-electron chi connectivity index (χ0n) is 15.9. The van der Waals surface area contributed by atoms with Crippen molar-refractivity contribution in [2.75, 3.05) is 0 Å². The third-order valence-electron chi connectivity index (χ3n) is 5.29. The predicted octanol–water partition coefficient (Wildman–Crippen LogP) is 8.01. The maximum atomic E-state index is 2.44. The zero-order valence-corrected chi connectivity index (χ0v) is 15.9. The topological polar surface area (TPSA) is 0 Å². The Kier molecular flexibility index (Phi) is 14.9. The molecule has 0 saturated carbocycles. The molecule has 0 amide bonds. The van der Waals surface area contributed by atoms with E-state index in [4.69, 9.17) is 0 Å². The molecule has 0 aromatic rings. The lowest BCUT2D eigenvalue weighted by Crippen LogP contribution is -2.20. The van der Waals surface area contributed by atoms with Crippen molar-refractivity contribution in [1.82, 2.24) is 0 Å². The first kappa shape index (κ1) is 21.0. The molecule has 128 valence electrons. The largest absolute Gasteiger partial charge is 0.0654 e. The van der Waals surface area contributed by atoms with Crippen LogP contribution in [0.15, 0.2) is 0 Å². The fourth-order valence-electron chi connectivity index (χ4n) is 3.94. The molecule has 0 spiro atoms. The fourth-order valence-corrected chi connectivity index (χ4v) is 3.94. The van der Waals surface area contributed by atoms with Crippen LogP contribution in [0.5, 0.6) is 0 Å². The van der Waals surface area contributed by atoms with Gasteiger partial charge >= 0.3 is 0 Å². The van der Waals surface area contributed by atoms with E-state index < -0.39 is 0 Å². The van der Waals surface area contributed by atoms with Crippen molar-refractivity contribution in [2.45, 2.75) is 118 Å². The van der Waals surface area contributed by atoms with Crippen LogP contribution < -0.4 is 0 Å². The van der Waals surface area contributed by atoms with Gasteiger partial charge in [-0.05, 0) is 17.8 Å². The summed E-state index contributed by atoms with van der Waals surface area (Å²) in [5.74, 6) is 2.83. The number of unbranched alkanes of at least 4 members (excludes halogenated alkanes) is 8. The van der Waals surface area contributed by atoms with Gasteiger partial charge in [0.1, 0.15) is 0 Å². The molecule has 0 rings (SSSR count). The van der Waals surface area contributed by atoms with Gasteiger partial charge in [-0.3, -0.25) is 0 Å². The highest BCUT2D eigenvalue weighted by Crippen LogP contribution is 2.32. The van der Waals surface area contributed by atoms with Crippen LogP contribution in [0.2, 0.25) is 0 Å². The van der Waals surface area contributed by atoms with Crippen LogP contribution in [0.4, 0.5) is 0 Å². The molecule has 0 nitrogen and oxygen atoms in total. The predicted molar refractivity (Wildman–Crippen MR) is 98.9 cm³/mol. The van der Waals surface area contributed by atoms with E-state index in [0.717, 1.165) is 17.8 Å². The van der Waals surface area contributed by atoms with Gasteiger partial charge in [0, 0.05) is 0 Å². The molecule has 1 unspecified atom stereocenters. The van der Waals surface area contributed by atoms with Gasteiger partial charge in [-0.1, -0.05) is 118 Å². The molecule has 0 heteroatoms. The Morgan fingerprint density at radius 1 is 0.571 bits per heavy atom. The number of hydrogen-bond acceptors (Lipinski definition) is 0. The fraction of sp³-hybridized carbons (Fsp3) is 1.00. The minimum Gasteiger partial charge on any atom is -0.0654 e. The van der Waals surface area contributed by atoms with Crippen LogP contribution in [-0.4, -0.2) is 0 Å². The SMILES string of the molecule is CCCCCCCC(CCCCCCC)C(CC)C(C)C. The molecule has 0 aliphatic heterocycles. The summed E-state index contributed by atoms with van der Waals surface area (Å²) in [7, 11) is 0. The minimum absolute atomic E-state index is 0.867. The van der Waals surface area contributed by atoms with E-state index in [0.29, 0.717) is 0 Å². The summed E-state index contributed by atoms with van der Waals surface area (Å²) in [5.41, 5.74) is 0. The lowest BCUT2D eigenvalue weighted by molar-refractivity contribution is 0.210. The molecule has 0 heterocycles. The highest BCUT2D eigenvalue weighted by Gasteiger charge is 2.22. The highest BCUT2D eigenvalue weighted by atomic mass is 14.3. The highest BCUT2D eigenvalue weighted by molar-refractivity contribution is 4.72. The standard InChI is InChI=1S/C21H44/c1-6-9-11-13-15-17-20(21(8-3)19(4)5)18-16-14-12-10-7-2/h19-21H,6-18H2,1-5H3. The lowest BCUT2D eigenvalue weighted by Gasteiger charge is -2.30. The third kappa shape index (κ3) is 11.2. The van der Waals surface area contributed by atoms with Crippen LogP contribution in [0.25, 0.3) is 0 Å². The van der Waals surface area contributed by atoms with Gasteiger partial charge in [-0.2, -0.15) is 0 Å². The average molecular weight is 297 g/mol. The molecule has 0 aliphatic carbocycles. The summed E-state index contributed by atoms with van der Waals surface area (Å²) in [6.07, 6.45) is 18.8. The van der Waals surface area contributed by atoms with Crippen LogP contribution in [0.3, 0.4) is 0 Å². The van der Waals surface area contributed by atoms with Crippen molar-refractivity contribution in [3.05, 3.63) is 0 Å². The Morgan fingerprint density at radius 3 is 1.33 bits per heavy atom. The first-order valence-electron chi connectivity index (χ1n) is 10.2. The maximum absolute atomic E-state index is 2.44. The van der Waals surface area contributed by atoms with Gasteiger partial charge < -0.3 is 0 Å². The Bertz CT molecular complexity index is 180. The quantitative estimate of drug-likeness (QED) is 0.268. The second kappa shape index (κ2) is 14.9. The van der Waals surface area contributed by atoms with Gasteiger partial charge in [0.05, 0.1) is 0 Å². The molecule has 1 atom stereocenters. The molecule has 0 saturated heterocycles. The molecule has 0 aromatic carbocycles. The van der Waals surface area contributed by atoms with Crippen LogP contribution in [0.1, 0.15) is 118 Å². The molecule has 0 aromatic heterocycles. The Balaban J connectivity index is 4.08. The third-order valence-corrected chi connectivity index (χ3v) is 5.29. The summed E-state index contributed by atoms with van der Waals surface area (Å²) in [4.78, 5) is 0. The lowest BCUT2D eigenvalue weighted by atomic mass is 9.76. The molecular weight excluding hydrogens is 252 g/mol. The normalized spacial score (nSPS) is 13.3. The van der Waals surface area contributed by atoms with Gasteiger partial charge in [-0.15, -0.1) is 0 Å². The van der Waals surface area contributed by atoms with Crippen molar-refractivity contribution >= 4 is 0 Å². The van der Waals surface area contributed by atoms with E-state index in [-0.39, 0.29) is 0 Å². The smallest absolute Gasteiger partial charge is 0.0365 e. The summed E-state index contributed by atoms with van der Waals surface area (Å²) in [6, 6.07) is 0. The van der Waals surface area contributed by atoms with E-state index >= 15 is 0 Å². The minimum atomic E-state index is 0.867. The molecule has 0 radical (unpaired) electrons. The molecular formula is C21H44. The summed E-state index contributed by atoms with van der Waals surface area (Å²) in [6.45, 7) is 11.9. The van der Waals surface area contributed by atoms with Crippen molar-refractivity contribution < 1.29 is 0 Å². The summed E-state index contributed by atoms with van der Waals surface area (Å²) < 4.78 is 0. The Morgan fingerprint density at radius 2 is 1.00 bits per heavy atom. The first-order chi connectivity index (χ1) is 10.2. The number of rotatable bonds is 15. The van der Waals surface area contributed by atoms with Gasteiger partial charge in [0.15, 0.2) is 0 Å². The average Bonchev–Trinajstić information content (AvgIpc) is 2.46. The maximum Gasteiger partial charge on any atom is -0.0365 e. The number of hydrogen-bond donors (Lipinski definition) is 0. The monoisotopic (exact) mass is 296 g/mol. The molecule has 0 fully saturated rings. The van der Waals surface area contributed by atoms with E-state index in [2.05, 4.69) is 34.6 Å². The molecule has 0 aliphatic rings. The van der Waals surface area contributed by atoms with Crippen LogP contribution in [-0.2, 0) is 0 Å². The Hall–Kier alpha value is 0. The zero-order chi connectivity index (χ0) is 15.9. The van der Waals surface area contributed by atoms with Crippen molar-refractivity contribution in [3.8, 4) is 0 Å². The second-order valence-corrected chi connectivity index (χ2v) is 7.48. The van der Waals surface area contributed by atoms with E-state index in [9.17, 15) is 0 Å². The molecule has 0 N–H and O–H groups in total. The Labute approximate surface area is 136 Å². The second-order valence-electron chi connectivity index (χ2n) is 7.48. The van der Waals surface area contributed by atoms with Gasteiger partial charge in [-0.25, -0.2) is 0 Å². The van der Waals surface area contributed by atoms with Crippen LogP contribution >= 0.6 is 0 Å². The van der Waals surface area contributed by atoms with Crippen molar-refractivity contribution in [2.24, 2.45) is 17.8 Å². The van der Waals surface area contributed by atoms with E-state index in [1.807, 2.05) is 0 Å². The first-order valence-corrected chi connectivity index (χ1v) is 10.2. The molecule has 21 heavy (non-hydrogen) atoms. The van der Waals surface area contributed by atoms with Gasteiger partial charge in [0.2, 0.25) is 0 Å². The van der Waals surface area contributed by atoms with E-state index in [1.165, 1.54) is 83.5 Å². The van der Waals surface area contributed by atoms with Crippen LogP contribution in [0, 0.1) is 17.8 Å². The summed E-state index contributed by atoms with van der Waals surface area (Å²) >= 11 is 0.